The summed E-state index contributed by atoms with van der Waals surface area (Å²) in [7, 11) is -3.54. The van der Waals surface area contributed by atoms with Gasteiger partial charge < -0.3 is 20.5 Å². The van der Waals surface area contributed by atoms with Gasteiger partial charge in [-0.3, -0.25) is 4.72 Å². The highest BCUT2D eigenvalue weighted by atomic mass is 35.5. The Labute approximate surface area is 189 Å². The smallest absolute Gasteiger partial charge is 0.341 e. The summed E-state index contributed by atoms with van der Waals surface area (Å²) in [5.74, 6) is -1.68. The van der Waals surface area contributed by atoms with E-state index in [-0.39, 0.29) is 29.9 Å². The summed E-state index contributed by atoms with van der Waals surface area (Å²) in [5, 5.41) is 14.3. The lowest BCUT2D eigenvalue weighted by Gasteiger charge is -2.13. The fourth-order valence-electron chi connectivity index (χ4n) is 2.46. The van der Waals surface area contributed by atoms with Crippen LogP contribution in [0.15, 0.2) is 54.7 Å². The lowest BCUT2D eigenvalue weighted by Crippen LogP contribution is -2.11. The molecule has 0 aliphatic rings. The number of para-hydroxylation sites is 2. The molecule has 32 heavy (non-hydrogen) atoms. The average Bonchev–Trinajstić information content (AvgIpc) is 2.69. The largest absolute Gasteiger partial charge is 0.482 e. The maximum Gasteiger partial charge on any atom is 0.341 e. The summed E-state index contributed by atoms with van der Waals surface area (Å²) in [6.07, 6.45) is 1.96. The number of rotatable bonds is 9. The van der Waals surface area contributed by atoms with Crippen molar-refractivity contribution in [2.75, 3.05) is 28.2 Å². The van der Waals surface area contributed by atoms with Crippen molar-refractivity contribution in [1.82, 2.24) is 9.97 Å². The van der Waals surface area contributed by atoms with E-state index >= 15 is 0 Å². The van der Waals surface area contributed by atoms with Crippen molar-refractivity contribution in [3.8, 4) is 5.75 Å². The number of carboxylic acids is 1. The van der Waals surface area contributed by atoms with E-state index in [4.69, 9.17) is 9.84 Å². The van der Waals surface area contributed by atoms with E-state index < -0.39 is 28.4 Å². The van der Waals surface area contributed by atoms with Gasteiger partial charge in [-0.1, -0.05) is 18.2 Å². The molecule has 1 heterocycles. The van der Waals surface area contributed by atoms with Crippen molar-refractivity contribution in [3.63, 3.8) is 0 Å². The van der Waals surface area contributed by atoms with Gasteiger partial charge in [0.05, 0.1) is 23.8 Å². The monoisotopic (exact) mass is 483 g/mol. The molecule has 0 amide bonds. The molecule has 0 fully saturated rings. The molecule has 0 spiro atoms. The van der Waals surface area contributed by atoms with Crippen LogP contribution in [0.4, 0.5) is 33.2 Å². The molecule has 3 rings (SSSR count). The fraction of sp³-hybridized carbons (Fsp3) is 0.105. The number of hydrogen-bond acceptors (Lipinski definition) is 8. The third kappa shape index (κ3) is 7.25. The van der Waals surface area contributed by atoms with E-state index in [1.165, 1.54) is 12.1 Å². The molecule has 0 saturated carbocycles. The third-order valence-corrected chi connectivity index (χ3v) is 4.26. The first-order valence-corrected chi connectivity index (χ1v) is 10.7. The van der Waals surface area contributed by atoms with Gasteiger partial charge in [0, 0.05) is 11.8 Å². The van der Waals surface area contributed by atoms with Crippen molar-refractivity contribution >= 4 is 57.2 Å². The number of nitrogens with one attached hydrogen (secondary N) is 3. The van der Waals surface area contributed by atoms with Gasteiger partial charge in [-0.15, -0.1) is 12.4 Å². The number of ether oxygens (including phenoxy) is 1. The van der Waals surface area contributed by atoms with Gasteiger partial charge in [-0.25, -0.2) is 22.6 Å². The minimum atomic E-state index is -3.54. The Morgan fingerprint density at radius 3 is 2.53 bits per heavy atom. The van der Waals surface area contributed by atoms with Crippen LogP contribution in [-0.4, -0.2) is 42.3 Å². The van der Waals surface area contributed by atoms with E-state index in [0.29, 0.717) is 17.1 Å². The molecule has 3 aromatic rings. The molecule has 0 atom stereocenters. The molecule has 1 aromatic heterocycles. The second-order valence-electron chi connectivity index (χ2n) is 6.27. The average molecular weight is 484 g/mol. The normalized spacial score (nSPS) is 10.6. The number of sulfonamides is 1. The molecular weight excluding hydrogens is 465 g/mol. The number of hydrogen-bond donors (Lipinski definition) is 4. The van der Waals surface area contributed by atoms with Crippen LogP contribution in [-0.2, 0) is 14.8 Å². The van der Waals surface area contributed by atoms with Crippen LogP contribution in [0.3, 0.4) is 0 Å². The molecule has 13 heteroatoms. The zero-order chi connectivity index (χ0) is 22.4. The van der Waals surface area contributed by atoms with Gasteiger partial charge in [-0.05, 0) is 24.3 Å². The SMILES string of the molecule is CS(=O)(=O)Nc1ccccc1Nc1nc(Nc2cccc(OCC(=O)O)c2)ncc1F.Cl. The van der Waals surface area contributed by atoms with Gasteiger partial charge in [0.25, 0.3) is 0 Å². The predicted molar refractivity (Wildman–Crippen MR) is 120 cm³/mol. The topological polar surface area (TPSA) is 143 Å². The maximum atomic E-state index is 14.3. The Balaban J connectivity index is 0.00000363. The maximum absolute atomic E-state index is 14.3. The lowest BCUT2D eigenvalue weighted by atomic mass is 10.2. The summed E-state index contributed by atoms with van der Waals surface area (Å²) in [4.78, 5) is 18.6. The summed E-state index contributed by atoms with van der Waals surface area (Å²) >= 11 is 0. The Hall–Kier alpha value is -3.64. The number of halogens is 2. The molecule has 2 aromatic carbocycles. The molecule has 0 unspecified atom stereocenters. The quantitative estimate of drug-likeness (QED) is 0.360. The van der Waals surface area contributed by atoms with E-state index in [1.54, 1.807) is 36.4 Å². The number of aromatic nitrogens is 2. The van der Waals surface area contributed by atoms with Crippen LogP contribution in [0, 0.1) is 5.82 Å². The fourth-order valence-corrected chi connectivity index (χ4v) is 3.04. The van der Waals surface area contributed by atoms with Gasteiger partial charge in [0.1, 0.15) is 5.75 Å². The Morgan fingerprint density at radius 2 is 1.84 bits per heavy atom. The lowest BCUT2D eigenvalue weighted by molar-refractivity contribution is -0.139. The van der Waals surface area contributed by atoms with Gasteiger partial charge in [0.2, 0.25) is 16.0 Å². The molecule has 0 saturated heterocycles. The van der Waals surface area contributed by atoms with Crippen molar-refractivity contribution in [3.05, 3.63) is 60.5 Å². The number of benzene rings is 2. The Kier molecular flexibility index (Phi) is 8.15. The standard InChI is InChI=1S/C19H18FN5O5S.ClH/c1-31(28,29)25-16-8-3-2-7-15(16)23-18-14(20)10-21-19(24-18)22-12-5-4-6-13(9-12)30-11-17(26)27;/h2-10,25H,11H2,1H3,(H,26,27)(H2,21,22,23,24);1H. The Morgan fingerprint density at radius 1 is 1.12 bits per heavy atom. The van der Waals surface area contributed by atoms with Gasteiger partial charge >= 0.3 is 5.97 Å². The molecule has 170 valence electrons. The summed E-state index contributed by atoms with van der Waals surface area (Å²) in [6, 6.07) is 12.8. The van der Waals surface area contributed by atoms with E-state index in [0.717, 1.165) is 12.5 Å². The number of anilines is 5. The number of aliphatic carboxylic acids is 1. The van der Waals surface area contributed by atoms with Crippen molar-refractivity contribution < 1.29 is 27.4 Å². The first-order chi connectivity index (χ1) is 14.7. The van der Waals surface area contributed by atoms with E-state index in [1.807, 2.05) is 0 Å². The van der Waals surface area contributed by atoms with Crippen molar-refractivity contribution in [2.45, 2.75) is 0 Å². The van der Waals surface area contributed by atoms with Crippen molar-refractivity contribution in [2.24, 2.45) is 0 Å². The van der Waals surface area contributed by atoms with E-state index in [2.05, 4.69) is 25.3 Å². The molecule has 0 aliphatic carbocycles. The Bertz CT molecular complexity index is 1210. The highest BCUT2D eigenvalue weighted by Gasteiger charge is 2.12. The van der Waals surface area contributed by atoms with Crippen LogP contribution >= 0.6 is 12.4 Å². The second kappa shape index (κ2) is 10.6. The molecular formula is C19H19ClFN5O5S. The highest BCUT2D eigenvalue weighted by Crippen LogP contribution is 2.27. The minimum absolute atomic E-state index is 0. The van der Waals surface area contributed by atoms with Crippen LogP contribution < -0.4 is 20.1 Å². The summed E-state index contributed by atoms with van der Waals surface area (Å²) in [6.45, 7) is -0.495. The highest BCUT2D eigenvalue weighted by molar-refractivity contribution is 7.92. The predicted octanol–water partition coefficient (Wildman–Crippen LogP) is 3.36. The van der Waals surface area contributed by atoms with Gasteiger partial charge in [-0.2, -0.15) is 4.98 Å². The molecule has 10 nitrogen and oxygen atoms in total. The summed E-state index contributed by atoms with van der Waals surface area (Å²) < 4.78 is 44.8. The van der Waals surface area contributed by atoms with Crippen LogP contribution in [0.25, 0.3) is 0 Å². The molecule has 0 radical (unpaired) electrons. The minimum Gasteiger partial charge on any atom is -0.482 e. The number of carbonyl (C=O) groups is 1. The zero-order valence-corrected chi connectivity index (χ0v) is 18.2. The first kappa shape index (κ1) is 24.6. The van der Waals surface area contributed by atoms with Crippen LogP contribution in [0.2, 0.25) is 0 Å². The second-order valence-corrected chi connectivity index (χ2v) is 8.02. The summed E-state index contributed by atoms with van der Waals surface area (Å²) in [5.41, 5.74) is 1.00. The zero-order valence-electron chi connectivity index (χ0n) is 16.6. The van der Waals surface area contributed by atoms with Gasteiger partial charge in [0.15, 0.2) is 18.2 Å². The molecule has 4 N–H and O–H groups in total. The first-order valence-electron chi connectivity index (χ1n) is 8.78. The third-order valence-electron chi connectivity index (χ3n) is 3.67. The van der Waals surface area contributed by atoms with Crippen molar-refractivity contribution in [1.29, 1.82) is 0 Å². The number of carboxylic acid groups (broad SMARTS) is 1. The van der Waals surface area contributed by atoms with Crippen LogP contribution in [0.1, 0.15) is 0 Å². The van der Waals surface area contributed by atoms with Crippen LogP contribution in [0.5, 0.6) is 5.75 Å². The molecule has 0 aliphatic heterocycles. The van der Waals surface area contributed by atoms with E-state index in [9.17, 15) is 17.6 Å². The number of nitrogens with zero attached hydrogens (tertiary/aromatic N) is 2. The molecule has 0 bridgehead atoms.